The Bertz CT molecular complexity index is 3140. The summed E-state index contributed by atoms with van der Waals surface area (Å²) in [4.78, 5) is 16.4. The predicted molar refractivity (Wildman–Crippen MR) is 277 cm³/mol. The summed E-state index contributed by atoms with van der Waals surface area (Å²) >= 11 is -0.0693. The van der Waals surface area contributed by atoms with E-state index in [0.29, 0.717) is 17.5 Å². The summed E-state index contributed by atoms with van der Waals surface area (Å²) in [6.45, 7) is 7.18. The van der Waals surface area contributed by atoms with Crippen molar-refractivity contribution in [3.05, 3.63) is 233 Å². The Kier molecular flexibility index (Phi) is 10.2. The van der Waals surface area contributed by atoms with Crippen LogP contribution in [0, 0.1) is 5.41 Å². The van der Waals surface area contributed by atoms with Crippen LogP contribution in [0.1, 0.15) is 49.2 Å². The van der Waals surface area contributed by atoms with Crippen LogP contribution >= 0.6 is 20.7 Å². The highest BCUT2D eigenvalue weighted by Crippen LogP contribution is 2.65. The van der Waals surface area contributed by atoms with Crippen LogP contribution in [0.2, 0.25) is 0 Å². The van der Waals surface area contributed by atoms with Gasteiger partial charge in [0.1, 0.15) is 0 Å². The highest BCUT2D eigenvalue weighted by molar-refractivity contribution is 14.2. The molecule has 0 saturated carbocycles. The average Bonchev–Trinajstić information content (AvgIpc) is 3.55. The summed E-state index contributed by atoms with van der Waals surface area (Å²) in [7, 11) is 0. The fourth-order valence-electron chi connectivity index (χ4n) is 10.0. The van der Waals surface area contributed by atoms with Crippen LogP contribution in [-0.4, -0.2) is 19.0 Å². The van der Waals surface area contributed by atoms with Crippen molar-refractivity contribution in [1.29, 1.82) is 0 Å². The molecule has 11 rings (SSSR count). The van der Waals surface area contributed by atoms with E-state index in [1.165, 1.54) is 44.5 Å². The topological polar surface area (TPSA) is 38.7 Å². The van der Waals surface area contributed by atoms with Crippen molar-refractivity contribution in [2.45, 2.75) is 32.1 Å². The number of aromatic nitrogens is 3. The molecule has 8 aromatic rings. The summed E-state index contributed by atoms with van der Waals surface area (Å²) in [5.41, 5.74) is 16.9. The van der Waals surface area contributed by atoms with E-state index in [9.17, 15) is 0 Å². The fourth-order valence-corrected chi connectivity index (χ4v) is 11.6. The SMILES string of the molecule is CC1(C)c2ccccc2C2C=CC=C(c3nc(-c4ccc(C5=CC=CI=C5)cc4)nc(-c4cc(-c5cccc(-c6ccccc6)c5)cc(-c5cccc(-c6ccccc6)c5)c4)n3)C21C. The molecule has 0 fully saturated rings. The second-order valence-corrected chi connectivity index (χ2v) is 19.7. The van der Waals surface area contributed by atoms with E-state index in [1.807, 2.05) is 0 Å². The number of nitrogens with zero attached hydrogens (tertiary/aromatic N) is 3. The summed E-state index contributed by atoms with van der Waals surface area (Å²) < 4.78 is 4.67. The van der Waals surface area contributed by atoms with Gasteiger partial charge in [-0.25, -0.2) is 15.0 Å². The highest BCUT2D eigenvalue weighted by Gasteiger charge is 2.57. The first-order valence-corrected chi connectivity index (χ1v) is 24.5. The van der Waals surface area contributed by atoms with Crippen molar-refractivity contribution in [3.8, 4) is 67.3 Å². The molecule has 3 nitrogen and oxygen atoms in total. The molecular weight excluding hydrogens is 890 g/mol. The van der Waals surface area contributed by atoms with Crippen molar-refractivity contribution in [1.82, 2.24) is 15.0 Å². The monoisotopic (exact) mass is 935 g/mol. The molecular formula is C60H46IN3. The number of benzene rings is 7. The van der Waals surface area contributed by atoms with Gasteiger partial charge >= 0.3 is 0 Å². The average molecular weight is 936 g/mol. The van der Waals surface area contributed by atoms with Crippen molar-refractivity contribution >= 4 is 35.9 Å². The Morgan fingerprint density at radius 1 is 0.422 bits per heavy atom. The number of fused-ring (bicyclic) bond motifs is 3. The molecule has 2 atom stereocenters. The minimum Gasteiger partial charge on any atom is -0.208 e. The molecule has 3 aliphatic rings. The van der Waals surface area contributed by atoms with E-state index in [0.717, 1.165) is 39.0 Å². The quantitative estimate of drug-likeness (QED) is 0.143. The lowest BCUT2D eigenvalue weighted by molar-refractivity contribution is 0.258. The fraction of sp³-hybridized carbons (Fsp3) is 0.100. The van der Waals surface area contributed by atoms with Crippen molar-refractivity contribution in [3.63, 3.8) is 0 Å². The first-order chi connectivity index (χ1) is 31.3. The maximum Gasteiger partial charge on any atom is 0.164 e. The Morgan fingerprint density at radius 3 is 1.53 bits per heavy atom. The van der Waals surface area contributed by atoms with Gasteiger partial charge in [0, 0.05) is 33.4 Å². The molecule has 0 saturated heterocycles. The second kappa shape index (κ2) is 16.3. The highest BCUT2D eigenvalue weighted by atomic mass is 127. The molecule has 0 radical (unpaired) electrons. The van der Waals surface area contributed by atoms with Gasteiger partial charge in [-0.05, 0) is 105 Å². The third kappa shape index (κ3) is 7.07. The summed E-state index contributed by atoms with van der Waals surface area (Å²) in [6.07, 6.45) is 11.2. The lowest BCUT2D eigenvalue weighted by Crippen LogP contribution is -2.39. The minimum atomic E-state index is -0.312. The van der Waals surface area contributed by atoms with Crippen LogP contribution in [0.4, 0.5) is 0 Å². The third-order valence-corrected chi connectivity index (χ3v) is 15.6. The van der Waals surface area contributed by atoms with Gasteiger partial charge in [0.25, 0.3) is 0 Å². The number of halogens is 1. The summed E-state index contributed by atoms with van der Waals surface area (Å²) in [5.74, 6) is 2.20. The zero-order valence-electron chi connectivity index (χ0n) is 36.1. The maximum atomic E-state index is 5.54. The first-order valence-electron chi connectivity index (χ1n) is 22.0. The molecule has 0 spiro atoms. The number of hydrogen-bond donors (Lipinski definition) is 0. The molecule has 0 N–H and O–H groups in total. The molecule has 308 valence electrons. The minimum absolute atomic E-state index is 0.0693. The molecule has 1 aromatic heterocycles. The van der Waals surface area contributed by atoms with Crippen LogP contribution in [0.25, 0.3) is 78.4 Å². The summed E-state index contributed by atoms with van der Waals surface area (Å²) in [6, 6.07) is 63.4. The Hall–Kier alpha value is -6.89. The van der Waals surface area contributed by atoms with Crippen LogP contribution in [-0.2, 0) is 5.41 Å². The van der Waals surface area contributed by atoms with Crippen LogP contribution in [0.3, 0.4) is 0 Å². The standard InChI is InChI=1S/C60H46IN3/c1-59(2)53-26-11-10-25-52(53)54-27-14-28-55(60(54,59)3)58-63-56(43-31-29-42(30-32-43)48-24-15-33-61-39-48)62-57(64-58)51-37-49(46-22-12-20-44(34-46)40-16-6-4-7-17-40)36-50(38-51)47-23-13-21-45(35-47)41-18-8-5-9-19-41/h4-39,54H,1-3H3. The lowest BCUT2D eigenvalue weighted by atomic mass is 9.58. The maximum absolute atomic E-state index is 5.54. The van der Waals surface area contributed by atoms with Gasteiger partial charge < -0.3 is 0 Å². The normalized spacial score (nSPS) is 18.1. The number of rotatable bonds is 8. The van der Waals surface area contributed by atoms with Crippen LogP contribution in [0.15, 0.2) is 210 Å². The van der Waals surface area contributed by atoms with Gasteiger partial charge in [-0.3, -0.25) is 0 Å². The summed E-state index contributed by atoms with van der Waals surface area (Å²) in [5, 5.41) is 0. The molecule has 0 amide bonds. The number of hydrogen-bond acceptors (Lipinski definition) is 3. The van der Waals surface area contributed by atoms with Gasteiger partial charge in [0.2, 0.25) is 0 Å². The van der Waals surface area contributed by atoms with E-state index in [2.05, 4.69) is 235 Å². The molecule has 2 aliphatic carbocycles. The zero-order valence-corrected chi connectivity index (χ0v) is 38.2. The smallest absolute Gasteiger partial charge is 0.164 e. The van der Waals surface area contributed by atoms with Gasteiger partial charge in [0.05, 0.1) is 0 Å². The van der Waals surface area contributed by atoms with Crippen molar-refractivity contribution in [2.75, 3.05) is 0 Å². The van der Waals surface area contributed by atoms with Crippen molar-refractivity contribution in [2.24, 2.45) is 5.41 Å². The zero-order chi connectivity index (χ0) is 43.3. The van der Waals surface area contributed by atoms with Gasteiger partial charge in [-0.15, -0.1) is 0 Å². The molecule has 1 aliphatic heterocycles. The molecule has 0 bridgehead atoms. The Balaban J connectivity index is 1.11. The van der Waals surface area contributed by atoms with Gasteiger partial charge in [0.15, 0.2) is 17.5 Å². The first kappa shape index (κ1) is 39.9. The molecule has 2 unspecified atom stereocenters. The Morgan fingerprint density at radius 2 is 0.922 bits per heavy atom. The van der Waals surface area contributed by atoms with Crippen molar-refractivity contribution < 1.29 is 0 Å². The molecule has 2 heterocycles. The van der Waals surface area contributed by atoms with E-state index < -0.39 is 0 Å². The lowest BCUT2D eigenvalue weighted by Gasteiger charge is -2.45. The van der Waals surface area contributed by atoms with E-state index in [-0.39, 0.29) is 37.5 Å². The Labute approximate surface area is 386 Å². The van der Waals surface area contributed by atoms with E-state index >= 15 is 0 Å². The van der Waals surface area contributed by atoms with Gasteiger partial charge in [-0.2, -0.15) is 0 Å². The van der Waals surface area contributed by atoms with Gasteiger partial charge in [-0.1, -0.05) is 217 Å². The van der Waals surface area contributed by atoms with E-state index in [1.54, 1.807) is 0 Å². The third-order valence-electron chi connectivity index (χ3n) is 13.8. The molecule has 64 heavy (non-hydrogen) atoms. The predicted octanol–water partition coefficient (Wildman–Crippen LogP) is 15.6. The number of allylic oxidation sites excluding steroid dienone is 7. The molecule has 4 heteroatoms. The largest absolute Gasteiger partial charge is 0.208 e. The van der Waals surface area contributed by atoms with E-state index in [4.69, 9.17) is 15.0 Å². The van der Waals surface area contributed by atoms with Crippen LogP contribution < -0.4 is 0 Å². The van der Waals surface area contributed by atoms with Crippen LogP contribution in [0.5, 0.6) is 0 Å². The molecule has 7 aromatic carbocycles. The second-order valence-electron chi connectivity index (χ2n) is 17.6.